The Kier molecular flexibility index (Phi) is 9.17. The maximum absolute atomic E-state index is 3.80. The van der Waals surface area contributed by atoms with Gasteiger partial charge in [-0.3, -0.25) is 0 Å². The smallest absolute Gasteiger partial charge is 0.0142 e. The Balaban J connectivity index is 2.83. The fourth-order valence-electron chi connectivity index (χ4n) is 0.780. The minimum Gasteiger partial charge on any atom is -0.138 e. The summed E-state index contributed by atoms with van der Waals surface area (Å²) < 4.78 is 0. The standard InChI is InChI=1S/C9H17S/c1-3-4-5-6-7-8-9-10-2/h8-9H,1,3-7H2,2H3. The Morgan fingerprint density at radius 1 is 1.30 bits per heavy atom. The molecule has 0 spiro atoms. The van der Waals surface area contributed by atoms with Gasteiger partial charge in [-0.2, -0.15) is 0 Å². The van der Waals surface area contributed by atoms with Crippen LogP contribution in [-0.4, -0.2) is 6.26 Å². The summed E-state index contributed by atoms with van der Waals surface area (Å²) in [5, 5.41) is 2.16. The van der Waals surface area contributed by atoms with Gasteiger partial charge in [0.15, 0.2) is 0 Å². The third-order valence-electron chi connectivity index (χ3n) is 1.35. The first kappa shape index (κ1) is 10.1. The second kappa shape index (κ2) is 9.09. The van der Waals surface area contributed by atoms with Gasteiger partial charge in [0.25, 0.3) is 0 Å². The van der Waals surface area contributed by atoms with Crippen LogP contribution in [0.2, 0.25) is 0 Å². The summed E-state index contributed by atoms with van der Waals surface area (Å²) in [5.41, 5.74) is 0. The molecule has 0 unspecified atom stereocenters. The van der Waals surface area contributed by atoms with Crippen molar-refractivity contribution < 1.29 is 0 Å². The molecule has 1 heteroatoms. The van der Waals surface area contributed by atoms with Gasteiger partial charge in [0.05, 0.1) is 0 Å². The number of thioether (sulfide) groups is 1. The molecule has 0 rings (SSSR count). The molecule has 0 nitrogen and oxygen atoms in total. The summed E-state index contributed by atoms with van der Waals surface area (Å²) in [6.45, 7) is 3.80. The zero-order chi connectivity index (χ0) is 7.66. The monoisotopic (exact) mass is 157 g/mol. The fourth-order valence-corrected chi connectivity index (χ4v) is 1.11. The summed E-state index contributed by atoms with van der Waals surface area (Å²) >= 11 is 1.77. The highest BCUT2D eigenvalue weighted by Gasteiger charge is 1.83. The Labute approximate surface area is 69.1 Å². The maximum atomic E-state index is 3.80. The summed E-state index contributed by atoms with van der Waals surface area (Å²) in [4.78, 5) is 0. The van der Waals surface area contributed by atoms with Crippen LogP contribution in [0.25, 0.3) is 0 Å². The first-order chi connectivity index (χ1) is 4.91. The van der Waals surface area contributed by atoms with Crippen molar-refractivity contribution in [1.82, 2.24) is 0 Å². The van der Waals surface area contributed by atoms with E-state index in [1.807, 2.05) is 0 Å². The average Bonchev–Trinajstić information content (AvgIpc) is 1.97. The lowest BCUT2D eigenvalue weighted by Crippen LogP contribution is -1.72. The molecule has 10 heavy (non-hydrogen) atoms. The number of rotatable bonds is 6. The van der Waals surface area contributed by atoms with Gasteiger partial charge in [-0.05, 0) is 24.5 Å². The van der Waals surface area contributed by atoms with Crippen LogP contribution >= 0.6 is 11.8 Å². The SMILES string of the molecule is [CH2]CCCCCC=CSC. The topological polar surface area (TPSA) is 0 Å². The van der Waals surface area contributed by atoms with Gasteiger partial charge >= 0.3 is 0 Å². The molecule has 0 N–H and O–H groups in total. The number of unbranched alkanes of at least 4 members (excludes halogenated alkanes) is 4. The van der Waals surface area contributed by atoms with E-state index in [0.29, 0.717) is 0 Å². The number of hydrogen-bond acceptors (Lipinski definition) is 1. The molecule has 0 aromatic rings. The first-order valence-corrected chi connectivity index (χ1v) is 5.17. The van der Waals surface area contributed by atoms with Crippen LogP contribution in [0.15, 0.2) is 11.5 Å². The van der Waals surface area contributed by atoms with Gasteiger partial charge in [-0.25, -0.2) is 0 Å². The predicted octanol–water partition coefficient (Wildman–Crippen LogP) is 3.65. The maximum Gasteiger partial charge on any atom is -0.0142 e. The lowest BCUT2D eigenvalue weighted by atomic mass is 10.2. The Hall–Kier alpha value is 0.0900. The van der Waals surface area contributed by atoms with Crippen LogP contribution < -0.4 is 0 Å². The second-order valence-corrected chi connectivity index (χ2v) is 3.05. The summed E-state index contributed by atoms with van der Waals surface area (Å²) in [5.74, 6) is 0. The molecule has 59 valence electrons. The predicted molar refractivity (Wildman–Crippen MR) is 51.1 cm³/mol. The van der Waals surface area contributed by atoms with E-state index in [2.05, 4.69) is 24.7 Å². The van der Waals surface area contributed by atoms with Gasteiger partial charge in [0.2, 0.25) is 0 Å². The summed E-state index contributed by atoms with van der Waals surface area (Å²) in [6.07, 6.45) is 10.6. The molecular formula is C9H17S. The van der Waals surface area contributed by atoms with E-state index in [1.165, 1.54) is 25.7 Å². The van der Waals surface area contributed by atoms with Gasteiger partial charge in [-0.15, -0.1) is 11.8 Å². The molecule has 1 radical (unpaired) electrons. The Morgan fingerprint density at radius 2 is 2.10 bits per heavy atom. The normalized spacial score (nSPS) is 11.0. The Morgan fingerprint density at radius 3 is 2.70 bits per heavy atom. The quantitative estimate of drug-likeness (QED) is 0.530. The van der Waals surface area contributed by atoms with Crippen LogP contribution in [0.3, 0.4) is 0 Å². The van der Waals surface area contributed by atoms with Crippen molar-refractivity contribution in [2.24, 2.45) is 0 Å². The third-order valence-corrected chi connectivity index (χ3v) is 1.82. The molecule has 0 bridgehead atoms. The van der Waals surface area contributed by atoms with Crippen molar-refractivity contribution in [3.63, 3.8) is 0 Å². The van der Waals surface area contributed by atoms with E-state index in [1.54, 1.807) is 11.8 Å². The van der Waals surface area contributed by atoms with Gasteiger partial charge in [-0.1, -0.05) is 32.3 Å². The molecular weight excluding hydrogens is 140 g/mol. The van der Waals surface area contributed by atoms with Crippen molar-refractivity contribution in [3.05, 3.63) is 18.4 Å². The van der Waals surface area contributed by atoms with Crippen LogP contribution in [-0.2, 0) is 0 Å². The molecule has 0 aliphatic rings. The van der Waals surface area contributed by atoms with E-state index in [-0.39, 0.29) is 0 Å². The van der Waals surface area contributed by atoms with E-state index in [0.717, 1.165) is 6.42 Å². The molecule has 0 saturated carbocycles. The fraction of sp³-hybridized carbons (Fsp3) is 0.667. The molecule has 0 aromatic carbocycles. The van der Waals surface area contributed by atoms with Crippen LogP contribution in [0.1, 0.15) is 32.1 Å². The average molecular weight is 157 g/mol. The van der Waals surface area contributed by atoms with Crippen LogP contribution in [0.5, 0.6) is 0 Å². The zero-order valence-corrected chi connectivity index (χ0v) is 7.62. The van der Waals surface area contributed by atoms with E-state index >= 15 is 0 Å². The second-order valence-electron chi connectivity index (χ2n) is 2.31. The zero-order valence-electron chi connectivity index (χ0n) is 6.81. The van der Waals surface area contributed by atoms with E-state index in [9.17, 15) is 0 Å². The molecule has 0 atom stereocenters. The molecule has 0 aliphatic carbocycles. The van der Waals surface area contributed by atoms with Gasteiger partial charge < -0.3 is 0 Å². The molecule has 0 aromatic heterocycles. The number of allylic oxidation sites excluding steroid dienone is 1. The highest BCUT2D eigenvalue weighted by Crippen LogP contribution is 2.04. The Bertz CT molecular complexity index is 76.8. The largest absolute Gasteiger partial charge is 0.138 e. The van der Waals surface area contributed by atoms with E-state index in [4.69, 9.17) is 0 Å². The molecule has 0 heterocycles. The van der Waals surface area contributed by atoms with Crippen molar-refractivity contribution in [2.75, 3.05) is 6.26 Å². The van der Waals surface area contributed by atoms with Gasteiger partial charge in [0.1, 0.15) is 0 Å². The first-order valence-electron chi connectivity index (χ1n) is 3.89. The van der Waals surface area contributed by atoms with Crippen LogP contribution in [0.4, 0.5) is 0 Å². The minimum atomic E-state index is 1.09. The lowest BCUT2D eigenvalue weighted by molar-refractivity contribution is 0.695. The van der Waals surface area contributed by atoms with Crippen molar-refractivity contribution in [2.45, 2.75) is 32.1 Å². The molecule has 0 aliphatic heterocycles. The highest BCUT2D eigenvalue weighted by molar-refractivity contribution is 8.01. The summed E-state index contributed by atoms with van der Waals surface area (Å²) in [6, 6.07) is 0. The van der Waals surface area contributed by atoms with Gasteiger partial charge in [0, 0.05) is 0 Å². The molecule has 0 fully saturated rings. The minimum absolute atomic E-state index is 1.09. The molecule has 0 amide bonds. The van der Waals surface area contributed by atoms with E-state index < -0.39 is 0 Å². The third kappa shape index (κ3) is 8.09. The highest BCUT2D eigenvalue weighted by atomic mass is 32.2. The molecule has 0 saturated heterocycles. The lowest BCUT2D eigenvalue weighted by Gasteiger charge is -1.92. The van der Waals surface area contributed by atoms with Crippen molar-refractivity contribution in [1.29, 1.82) is 0 Å². The van der Waals surface area contributed by atoms with Crippen molar-refractivity contribution >= 4 is 11.8 Å². The number of hydrogen-bond donors (Lipinski definition) is 0. The van der Waals surface area contributed by atoms with Crippen molar-refractivity contribution in [3.8, 4) is 0 Å². The van der Waals surface area contributed by atoms with Crippen LogP contribution in [0, 0.1) is 6.92 Å². The summed E-state index contributed by atoms with van der Waals surface area (Å²) in [7, 11) is 0.